The third kappa shape index (κ3) is 3.78. The highest BCUT2D eigenvalue weighted by atomic mass is 19.1. The Hall–Kier alpha value is -2.73. The Morgan fingerprint density at radius 2 is 2.25 bits per heavy atom. The Labute approximate surface area is 163 Å². The average molecular weight is 381 g/mol. The van der Waals surface area contributed by atoms with Crippen molar-refractivity contribution in [1.82, 2.24) is 14.3 Å². The highest BCUT2D eigenvalue weighted by Crippen LogP contribution is 2.23. The van der Waals surface area contributed by atoms with Crippen LogP contribution in [0.25, 0.3) is 16.9 Å². The molecule has 1 aliphatic heterocycles. The van der Waals surface area contributed by atoms with E-state index in [2.05, 4.69) is 11.9 Å². The van der Waals surface area contributed by atoms with Crippen molar-refractivity contribution in [2.24, 2.45) is 0 Å². The van der Waals surface area contributed by atoms with Crippen molar-refractivity contribution in [1.29, 1.82) is 0 Å². The second kappa shape index (κ2) is 8.10. The fourth-order valence-electron chi connectivity index (χ4n) is 3.74. The van der Waals surface area contributed by atoms with Crippen LogP contribution in [0.1, 0.15) is 36.5 Å². The molecule has 146 valence electrons. The van der Waals surface area contributed by atoms with Crippen LogP contribution < -0.4 is 0 Å². The van der Waals surface area contributed by atoms with E-state index in [1.165, 1.54) is 12.3 Å². The summed E-state index contributed by atoms with van der Waals surface area (Å²) < 4.78 is 21.1. The number of imidazole rings is 1. The number of carbonyl (C=O) groups is 1. The predicted octanol–water partition coefficient (Wildman–Crippen LogP) is 4.17. The Kier molecular flexibility index (Phi) is 5.39. The van der Waals surface area contributed by atoms with Crippen molar-refractivity contribution in [3.8, 4) is 11.3 Å². The van der Waals surface area contributed by atoms with E-state index in [-0.39, 0.29) is 17.8 Å². The van der Waals surface area contributed by atoms with Gasteiger partial charge in [-0.15, -0.1) is 0 Å². The van der Waals surface area contributed by atoms with Crippen LogP contribution in [0.2, 0.25) is 0 Å². The lowest BCUT2D eigenvalue weighted by Gasteiger charge is -2.25. The molecule has 1 amide bonds. The molecule has 1 atom stereocenters. The quantitative estimate of drug-likeness (QED) is 0.644. The summed E-state index contributed by atoms with van der Waals surface area (Å²) in [5.74, 6) is -0.330. The number of ether oxygens (including phenoxy) is 1. The molecule has 4 rings (SSSR count). The zero-order valence-electron chi connectivity index (χ0n) is 16.0. The number of aromatic nitrogens is 2. The fraction of sp³-hybridized carbons (Fsp3) is 0.364. The van der Waals surface area contributed by atoms with Gasteiger partial charge in [0.05, 0.1) is 18.0 Å². The number of fused-ring (bicyclic) bond motifs is 1. The lowest BCUT2D eigenvalue weighted by Crippen LogP contribution is -2.37. The van der Waals surface area contributed by atoms with Gasteiger partial charge in [0.2, 0.25) is 0 Å². The first-order chi connectivity index (χ1) is 13.7. The summed E-state index contributed by atoms with van der Waals surface area (Å²) >= 11 is 0. The smallest absolute Gasteiger partial charge is 0.253 e. The molecule has 1 aliphatic rings. The van der Waals surface area contributed by atoms with Gasteiger partial charge in [0.25, 0.3) is 5.91 Å². The molecule has 0 bridgehead atoms. The molecule has 6 heteroatoms. The first-order valence-corrected chi connectivity index (χ1v) is 9.79. The highest BCUT2D eigenvalue weighted by Gasteiger charge is 2.23. The van der Waals surface area contributed by atoms with Crippen molar-refractivity contribution < 1.29 is 13.9 Å². The first-order valence-electron chi connectivity index (χ1n) is 9.79. The Morgan fingerprint density at radius 1 is 1.36 bits per heavy atom. The van der Waals surface area contributed by atoms with Gasteiger partial charge in [-0.3, -0.25) is 9.20 Å². The van der Waals surface area contributed by atoms with Crippen molar-refractivity contribution in [3.63, 3.8) is 0 Å². The van der Waals surface area contributed by atoms with Crippen LogP contribution in [-0.4, -0.2) is 46.0 Å². The van der Waals surface area contributed by atoms with E-state index in [4.69, 9.17) is 4.74 Å². The number of nitrogens with zero attached hydrogens (tertiary/aromatic N) is 3. The van der Waals surface area contributed by atoms with Crippen molar-refractivity contribution in [3.05, 3.63) is 60.2 Å². The second-order valence-corrected chi connectivity index (χ2v) is 7.19. The van der Waals surface area contributed by atoms with Gasteiger partial charge in [-0.25, -0.2) is 9.37 Å². The molecule has 1 unspecified atom stereocenters. The van der Waals surface area contributed by atoms with Crippen LogP contribution in [0.4, 0.5) is 4.39 Å². The van der Waals surface area contributed by atoms with Gasteiger partial charge in [0.15, 0.2) is 0 Å². The Balaban J connectivity index is 1.63. The number of pyridine rings is 1. The summed E-state index contributed by atoms with van der Waals surface area (Å²) in [7, 11) is 0. The summed E-state index contributed by atoms with van der Waals surface area (Å²) in [5, 5.41) is 0. The monoisotopic (exact) mass is 381 g/mol. The number of amides is 1. The van der Waals surface area contributed by atoms with Gasteiger partial charge >= 0.3 is 0 Å². The van der Waals surface area contributed by atoms with E-state index in [1.54, 1.807) is 16.7 Å². The summed E-state index contributed by atoms with van der Waals surface area (Å²) in [4.78, 5) is 19.4. The molecule has 1 saturated heterocycles. The maximum atomic E-state index is 13.7. The van der Waals surface area contributed by atoms with Crippen LogP contribution in [0, 0.1) is 5.82 Å². The van der Waals surface area contributed by atoms with Gasteiger partial charge in [-0.2, -0.15) is 0 Å². The third-order valence-corrected chi connectivity index (χ3v) is 5.10. The summed E-state index contributed by atoms with van der Waals surface area (Å²) in [5.41, 5.74) is 2.87. The van der Waals surface area contributed by atoms with Gasteiger partial charge in [0.1, 0.15) is 11.5 Å². The molecule has 1 aromatic carbocycles. The van der Waals surface area contributed by atoms with Gasteiger partial charge < -0.3 is 9.64 Å². The maximum Gasteiger partial charge on any atom is 0.253 e. The Morgan fingerprint density at radius 3 is 3.04 bits per heavy atom. The lowest BCUT2D eigenvalue weighted by molar-refractivity contribution is 0.0526. The topological polar surface area (TPSA) is 46.8 Å². The molecule has 2 aromatic heterocycles. The SMILES string of the molecule is CCCN(CC1CCCO1)C(=O)c1cccc(-c2cnc3ccc(F)cn23)c1. The molecule has 5 nitrogen and oxygen atoms in total. The number of carbonyl (C=O) groups excluding carboxylic acids is 1. The van der Waals surface area contributed by atoms with E-state index < -0.39 is 0 Å². The third-order valence-electron chi connectivity index (χ3n) is 5.10. The predicted molar refractivity (Wildman–Crippen MR) is 106 cm³/mol. The first kappa shape index (κ1) is 18.6. The zero-order valence-corrected chi connectivity index (χ0v) is 16.0. The molecule has 1 fully saturated rings. The minimum Gasteiger partial charge on any atom is -0.376 e. The number of benzene rings is 1. The van der Waals surface area contributed by atoms with Gasteiger partial charge in [-0.05, 0) is 43.5 Å². The van der Waals surface area contributed by atoms with Crippen LogP contribution in [0.3, 0.4) is 0 Å². The molecule has 0 N–H and O–H groups in total. The second-order valence-electron chi connectivity index (χ2n) is 7.19. The number of rotatable bonds is 6. The van der Waals surface area contributed by atoms with E-state index in [0.29, 0.717) is 24.3 Å². The molecule has 0 radical (unpaired) electrons. The maximum absolute atomic E-state index is 13.7. The molecule has 0 aliphatic carbocycles. The fourth-order valence-corrected chi connectivity index (χ4v) is 3.74. The largest absolute Gasteiger partial charge is 0.376 e. The van der Waals surface area contributed by atoms with Crippen molar-refractivity contribution >= 4 is 11.6 Å². The molecule has 28 heavy (non-hydrogen) atoms. The van der Waals surface area contributed by atoms with Crippen LogP contribution in [0.5, 0.6) is 0 Å². The minimum atomic E-state index is -0.329. The van der Waals surface area contributed by atoms with Crippen LogP contribution >= 0.6 is 0 Å². The average Bonchev–Trinajstić information content (AvgIpc) is 3.36. The number of halogens is 1. The van der Waals surface area contributed by atoms with E-state index in [9.17, 15) is 9.18 Å². The lowest BCUT2D eigenvalue weighted by atomic mass is 10.1. The summed E-state index contributed by atoms with van der Waals surface area (Å²) in [6.45, 7) is 4.17. The van der Waals surface area contributed by atoms with Gasteiger partial charge in [-0.1, -0.05) is 19.1 Å². The van der Waals surface area contributed by atoms with Crippen molar-refractivity contribution in [2.75, 3.05) is 19.7 Å². The molecule has 3 heterocycles. The summed E-state index contributed by atoms with van der Waals surface area (Å²) in [6.07, 6.45) is 6.19. The van der Waals surface area contributed by atoms with E-state index in [0.717, 1.165) is 37.1 Å². The van der Waals surface area contributed by atoms with Crippen molar-refractivity contribution in [2.45, 2.75) is 32.3 Å². The van der Waals surface area contributed by atoms with Crippen LogP contribution in [-0.2, 0) is 4.74 Å². The summed E-state index contributed by atoms with van der Waals surface area (Å²) in [6, 6.07) is 10.5. The number of hydrogen-bond acceptors (Lipinski definition) is 3. The van der Waals surface area contributed by atoms with Gasteiger partial charge in [0, 0.05) is 37.0 Å². The Bertz CT molecular complexity index is 979. The van der Waals surface area contributed by atoms with Crippen LogP contribution in [0.15, 0.2) is 48.8 Å². The highest BCUT2D eigenvalue weighted by molar-refractivity contribution is 5.95. The molecule has 3 aromatic rings. The van der Waals surface area contributed by atoms with E-state index >= 15 is 0 Å². The molecular formula is C22H24FN3O2. The molecular weight excluding hydrogens is 357 g/mol. The molecule has 0 saturated carbocycles. The normalized spacial score (nSPS) is 16.6. The zero-order chi connectivity index (χ0) is 19.5. The molecule has 0 spiro atoms. The standard InChI is InChI=1S/C22H24FN3O2/c1-2-10-25(15-19-7-4-11-28-19)22(27)17-6-3-5-16(12-17)20-13-24-21-9-8-18(23)14-26(20)21/h3,5-6,8-9,12-14,19H,2,4,7,10-11,15H2,1H3. The minimum absolute atomic E-state index is 0.000739. The number of hydrogen-bond donors (Lipinski definition) is 0. The van der Waals surface area contributed by atoms with E-state index in [1.807, 2.05) is 29.2 Å².